The maximum absolute atomic E-state index is 12.3. The molecule has 0 aromatic heterocycles. The number of carbonyl (C=O) groups excluding carboxylic acids is 1. The van der Waals surface area contributed by atoms with Gasteiger partial charge in [0, 0.05) is 31.1 Å². The summed E-state index contributed by atoms with van der Waals surface area (Å²) in [5, 5.41) is 19.8. The van der Waals surface area contributed by atoms with E-state index in [0.29, 0.717) is 53.1 Å². The molecule has 3 atom stereocenters. The number of likely N-dealkylation sites (N-methyl/N-ethyl adjacent to an activating group) is 2. The number of aliphatic imine (C=N–C) groups is 1. The van der Waals surface area contributed by atoms with Crippen molar-refractivity contribution in [2.45, 2.75) is 32.2 Å². The molecule has 12 heteroatoms. The number of nitrogens with zero attached hydrogens (tertiary/aromatic N) is 6. The van der Waals surface area contributed by atoms with Crippen LogP contribution in [0.15, 0.2) is 52.6 Å². The Morgan fingerprint density at radius 1 is 1.24 bits per heavy atom. The number of nitriles is 1. The summed E-state index contributed by atoms with van der Waals surface area (Å²) in [6, 6.07) is 13.2. The molecule has 2 aromatic rings. The van der Waals surface area contributed by atoms with E-state index in [2.05, 4.69) is 5.32 Å². The SMILES string of the molecule is CCN(C(=O)CN)C1CC1CCC1CN(C(=Nc2cccc(OCCN(C)C)c2)NC#N)N=C1c1ccc(Cl)c(Cl)c1. The van der Waals surface area contributed by atoms with Crippen molar-refractivity contribution in [3.63, 3.8) is 0 Å². The molecule has 1 fully saturated rings. The van der Waals surface area contributed by atoms with Crippen LogP contribution >= 0.6 is 23.2 Å². The second-order valence-corrected chi connectivity index (χ2v) is 11.6. The summed E-state index contributed by atoms with van der Waals surface area (Å²) in [7, 11) is 3.98. The average Bonchev–Trinajstić information content (AvgIpc) is 3.60. The molecule has 3 N–H and O–H groups in total. The van der Waals surface area contributed by atoms with Crippen LogP contribution in [0.1, 0.15) is 31.7 Å². The number of ether oxygens (including phenoxy) is 1. The van der Waals surface area contributed by atoms with Crippen molar-refractivity contribution < 1.29 is 9.53 Å². The third kappa shape index (κ3) is 8.13. The number of nitrogens with one attached hydrogen (secondary N) is 1. The number of amides is 1. The van der Waals surface area contributed by atoms with E-state index in [4.69, 9.17) is 43.8 Å². The summed E-state index contributed by atoms with van der Waals surface area (Å²) in [5.41, 5.74) is 7.97. The van der Waals surface area contributed by atoms with E-state index in [1.165, 1.54) is 0 Å². The van der Waals surface area contributed by atoms with E-state index in [9.17, 15) is 10.1 Å². The van der Waals surface area contributed by atoms with Crippen LogP contribution < -0.4 is 15.8 Å². The molecule has 3 unspecified atom stereocenters. The van der Waals surface area contributed by atoms with Crippen LogP contribution in [0, 0.1) is 23.3 Å². The van der Waals surface area contributed by atoms with Crippen molar-refractivity contribution in [2.75, 3.05) is 46.9 Å². The second kappa shape index (κ2) is 14.7. The molecule has 42 heavy (non-hydrogen) atoms. The Morgan fingerprint density at radius 3 is 2.74 bits per heavy atom. The van der Waals surface area contributed by atoms with Crippen molar-refractivity contribution in [1.82, 2.24) is 20.1 Å². The van der Waals surface area contributed by atoms with E-state index < -0.39 is 0 Å². The van der Waals surface area contributed by atoms with Crippen LogP contribution in [-0.4, -0.2) is 85.3 Å². The van der Waals surface area contributed by atoms with E-state index >= 15 is 0 Å². The van der Waals surface area contributed by atoms with Gasteiger partial charge in [0.25, 0.3) is 0 Å². The zero-order valence-corrected chi connectivity index (χ0v) is 25.8. The predicted octanol–water partition coefficient (Wildman–Crippen LogP) is 4.30. The van der Waals surface area contributed by atoms with Crippen molar-refractivity contribution >= 4 is 46.5 Å². The van der Waals surface area contributed by atoms with Gasteiger partial charge in [0.2, 0.25) is 11.9 Å². The fraction of sp³-hybridized carbons (Fsp3) is 0.467. The van der Waals surface area contributed by atoms with Crippen LogP contribution in [0.5, 0.6) is 5.75 Å². The van der Waals surface area contributed by atoms with E-state index in [1.807, 2.05) is 73.4 Å². The van der Waals surface area contributed by atoms with Crippen molar-refractivity contribution in [2.24, 2.45) is 27.7 Å². The second-order valence-electron chi connectivity index (χ2n) is 10.7. The normalized spacial score (nSPS) is 19.9. The monoisotopic (exact) mass is 612 g/mol. The summed E-state index contributed by atoms with van der Waals surface area (Å²) >= 11 is 12.6. The van der Waals surface area contributed by atoms with Crippen LogP contribution in [0.25, 0.3) is 0 Å². The quantitative estimate of drug-likeness (QED) is 0.158. The van der Waals surface area contributed by atoms with Gasteiger partial charge >= 0.3 is 0 Å². The molecule has 0 saturated heterocycles. The highest BCUT2D eigenvalue weighted by molar-refractivity contribution is 6.42. The van der Waals surface area contributed by atoms with Gasteiger partial charge in [-0.1, -0.05) is 35.3 Å². The molecule has 2 aliphatic rings. The zero-order chi connectivity index (χ0) is 30.2. The van der Waals surface area contributed by atoms with Gasteiger partial charge in [0.05, 0.1) is 34.5 Å². The molecule has 1 aliphatic carbocycles. The van der Waals surface area contributed by atoms with Crippen LogP contribution in [0.4, 0.5) is 5.69 Å². The number of hydrogen-bond acceptors (Lipinski definition) is 7. The Bertz CT molecular complexity index is 1360. The molecule has 0 bridgehead atoms. The molecule has 0 radical (unpaired) electrons. The molecule has 1 saturated carbocycles. The lowest BCUT2D eigenvalue weighted by Crippen LogP contribution is -2.38. The smallest absolute Gasteiger partial charge is 0.236 e. The third-order valence-corrected chi connectivity index (χ3v) is 8.24. The van der Waals surface area contributed by atoms with Crippen molar-refractivity contribution in [3.05, 3.63) is 58.1 Å². The summed E-state index contributed by atoms with van der Waals surface area (Å²) in [6.45, 7) is 4.54. The lowest BCUT2D eigenvalue weighted by molar-refractivity contribution is -0.130. The number of nitrogens with two attached hydrogens (primary N) is 1. The molecular weight excluding hydrogens is 575 g/mol. The van der Waals surface area contributed by atoms with Crippen LogP contribution in [0.2, 0.25) is 10.0 Å². The van der Waals surface area contributed by atoms with Gasteiger partial charge in [-0.3, -0.25) is 10.1 Å². The first-order valence-electron chi connectivity index (χ1n) is 14.2. The van der Waals surface area contributed by atoms with Crippen LogP contribution in [-0.2, 0) is 4.79 Å². The number of carbonyl (C=O) groups is 1. The van der Waals surface area contributed by atoms with Gasteiger partial charge in [0.1, 0.15) is 12.4 Å². The van der Waals surface area contributed by atoms with Gasteiger partial charge in [0.15, 0.2) is 6.19 Å². The first-order chi connectivity index (χ1) is 20.2. The standard InChI is InChI=1S/C30H38Cl2N8O2/c1-4-39(28(41)17-33)27-15-20(27)8-9-22-18-40(37-29(22)21-10-11-25(31)26(32)14-21)30(35-19-34)36-23-6-5-7-24(16-23)42-13-12-38(2)3/h5-7,10-11,14,16,20,22,27H,4,8-9,12-13,15,17-18,33H2,1-3H3,(H,35,36). The predicted molar refractivity (Wildman–Crippen MR) is 167 cm³/mol. The molecule has 224 valence electrons. The molecular formula is C30H38Cl2N8O2. The van der Waals surface area contributed by atoms with Crippen LogP contribution in [0.3, 0.4) is 0 Å². The minimum atomic E-state index is -0.00861. The molecule has 0 spiro atoms. The lowest BCUT2D eigenvalue weighted by Gasteiger charge is -2.21. The summed E-state index contributed by atoms with van der Waals surface area (Å²) in [4.78, 5) is 20.9. The summed E-state index contributed by atoms with van der Waals surface area (Å²) < 4.78 is 5.86. The van der Waals surface area contributed by atoms with Crippen molar-refractivity contribution in [3.8, 4) is 11.9 Å². The molecule has 1 amide bonds. The summed E-state index contributed by atoms with van der Waals surface area (Å²) in [5.74, 6) is 1.48. The van der Waals surface area contributed by atoms with E-state index in [-0.39, 0.29) is 24.4 Å². The highest BCUT2D eigenvalue weighted by Crippen LogP contribution is 2.41. The number of rotatable bonds is 12. The van der Waals surface area contributed by atoms with E-state index in [0.717, 1.165) is 37.1 Å². The number of benzene rings is 2. The fourth-order valence-electron chi connectivity index (χ4n) is 5.22. The Morgan fingerprint density at radius 2 is 2.05 bits per heavy atom. The highest BCUT2D eigenvalue weighted by atomic mass is 35.5. The van der Waals surface area contributed by atoms with E-state index in [1.54, 1.807) is 11.1 Å². The Hall–Kier alpha value is -3.36. The molecule has 10 nitrogen and oxygen atoms in total. The average molecular weight is 614 g/mol. The summed E-state index contributed by atoms with van der Waals surface area (Å²) in [6.07, 6.45) is 4.76. The Balaban J connectivity index is 1.54. The van der Waals surface area contributed by atoms with Gasteiger partial charge in [-0.15, -0.1) is 0 Å². The third-order valence-electron chi connectivity index (χ3n) is 7.50. The Labute approximate surface area is 257 Å². The van der Waals surface area contributed by atoms with Gasteiger partial charge in [-0.25, -0.2) is 10.0 Å². The molecule has 4 rings (SSSR count). The number of hydrogen-bond donors (Lipinski definition) is 2. The first kappa shape index (κ1) is 31.6. The molecule has 1 aliphatic heterocycles. The number of halogens is 2. The van der Waals surface area contributed by atoms with Crippen molar-refractivity contribution in [1.29, 1.82) is 5.26 Å². The maximum atomic E-state index is 12.3. The van der Waals surface area contributed by atoms with Gasteiger partial charge in [-0.2, -0.15) is 10.4 Å². The highest BCUT2D eigenvalue weighted by Gasteiger charge is 2.43. The zero-order valence-electron chi connectivity index (χ0n) is 24.3. The largest absolute Gasteiger partial charge is 0.492 e. The minimum Gasteiger partial charge on any atom is -0.492 e. The topological polar surface area (TPSA) is 123 Å². The minimum absolute atomic E-state index is 0.00861. The van der Waals surface area contributed by atoms with Gasteiger partial charge in [-0.05, 0) is 76.0 Å². The number of guanidine groups is 1. The lowest BCUT2D eigenvalue weighted by atomic mass is 9.92. The number of hydrazone groups is 1. The molecule has 1 heterocycles. The van der Waals surface area contributed by atoms with Gasteiger partial charge < -0.3 is 20.3 Å². The maximum Gasteiger partial charge on any atom is 0.236 e. The Kier molecular flexibility index (Phi) is 11.0. The molecule has 2 aromatic carbocycles. The first-order valence-corrected chi connectivity index (χ1v) is 14.9. The fourth-order valence-corrected chi connectivity index (χ4v) is 5.52.